The number of halogens is 1. The highest BCUT2D eigenvalue weighted by Crippen LogP contribution is 2.19. The first kappa shape index (κ1) is 14.2. The molecule has 0 fully saturated rings. The smallest absolute Gasteiger partial charge is 0.335 e. The van der Waals surface area contributed by atoms with Crippen molar-refractivity contribution in [2.45, 2.75) is 10.6 Å². The Balaban J connectivity index is 2.38. The third-order valence-electron chi connectivity index (χ3n) is 2.74. The Bertz CT molecular complexity index is 753. The molecule has 0 aliphatic rings. The van der Waals surface area contributed by atoms with Crippen LogP contribution in [0.5, 0.6) is 0 Å². The molecule has 1 N–H and O–H groups in total. The minimum atomic E-state index is -3.80. The number of hydrogen-bond donors (Lipinski definition) is 1. The second-order valence-electron chi connectivity index (χ2n) is 4.18. The summed E-state index contributed by atoms with van der Waals surface area (Å²) in [5, 5.41) is 8.85. The van der Waals surface area contributed by atoms with Crippen LogP contribution in [0.3, 0.4) is 0 Å². The Morgan fingerprint density at radius 1 is 1.10 bits per heavy atom. The molecule has 0 heterocycles. The molecule has 0 bridgehead atoms. The first-order chi connectivity index (χ1) is 9.40. The van der Waals surface area contributed by atoms with Gasteiger partial charge in [0, 0.05) is 5.56 Å². The van der Waals surface area contributed by atoms with Crippen molar-refractivity contribution in [3.63, 3.8) is 0 Å². The number of hydrogen-bond acceptors (Lipinski definition) is 3. The van der Waals surface area contributed by atoms with Crippen LogP contribution in [0.25, 0.3) is 0 Å². The van der Waals surface area contributed by atoms with Gasteiger partial charge < -0.3 is 5.11 Å². The number of rotatable bonds is 4. The van der Waals surface area contributed by atoms with Crippen LogP contribution in [-0.4, -0.2) is 19.5 Å². The van der Waals surface area contributed by atoms with Gasteiger partial charge in [-0.1, -0.05) is 24.3 Å². The molecule has 20 heavy (non-hydrogen) atoms. The van der Waals surface area contributed by atoms with Gasteiger partial charge in [0.2, 0.25) is 0 Å². The fraction of sp³-hybridized carbons (Fsp3) is 0.0714. The lowest BCUT2D eigenvalue weighted by Crippen LogP contribution is -2.08. The summed E-state index contributed by atoms with van der Waals surface area (Å²) in [7, 11) is -3.80. The maximum absolute atomic E-state index is 13.5. The monoisotopic (exact) mass is 294 g/mol. The van der Waals surface area contributed by atoms with Crippen LogP contribution < -0.4 is 0 Å². The molecular formula is C14H11FO4S. The minimum absolute atomic E-state index is 0.0493. The second kappa shape index (κ2) is 5.42. The molecule has 4 nitrogen and oxygen atoms in total. The van der Waals surface area contributed by atoms with E-state index in [-0.39, 0.29) is 16.0 Å². The van der Waals surface area contributed by atoms with E-state index in [1.54, 1.807) is 6.07 Å². The van der Waals surface area contributed by atoms with Crippen LogP contribution >= 0.6 is 0 Å². The van der Waals surface area contributed by atoms with Crippen molar-refractivity contribution in [2.24, 2.45) is 0 Å². The van der Waals surface area contributed by atoms with Gasteiger partial charge in [0.25, 0.3) is 0 Å². The lowest BCUT2D eigenvalue weighted by atomic mass is 10.2. The molecule has 0 amide bonds. The van der Waals surface area contributed by atoms with Gasteiger partial charge in [-0.3, -0.25) is 0 Å². The fourth-order valence-corrected chi connectivity index (χ4v) is 3.13. The average Bonchev–Trinajstić information content (AvgIpc) is 2.41. The van der Waals surface area contributed by atoms with Gasteiger partial charge in [-0.15, -0.1) is 0 Å². The molecule has 2 rings (SSSR count). The van der Waals surface area contributed by atoms with Crippen molar-refractivity contribution < 1.29 is 22.7 Å². The molecule has 0 atom stereocenters. The quantitative estimate of drug-likeness (QED) is 0.940. The van der Waals surface area contributed by atoms with E-state index in [0.717, 1.165) is 6.07 Å². The highest BCUT2D eigenvalue weighted by Gasteiger charge is 2.18. The van der Waals surface area contributed by atoms with E-state index in [9.17, 15) is 17.6 Å². The van der Waals surface area contributed by atoms with E-state index in [2.05, 4.69) is 0 Å². The zero-order valence-corrected chi connectivity index (χ0v) is 11.1. The minimum Gasteiger partial charge on any atom is -0.478 e. The van der Waals surface area contributed by atoms with Gasteiger partial charge in [-0.05, 0) is 24.3 Å². The summed E-state index contributed by atoms with van der Waals surface area (Å²) < 4.78 is 37.8. The van der Waals surface area contributed by atoms with Gasteiger partial charge in [0.05, 0.1) is 16.2 Å². The number of aromatic carboxylic acids is 1. The first-order valence-electron chi connectivity index (χ1n) is 5.70. The molecular weight excluding hydrogens is 283 g/mol. The predicted octanol–water partition coefficient (Wildman–Crippen LogP) is 2.50. The van der Waals surface area contributed by atoms with Crippen molar-refractivity contribution in [3.8, 4) is 0 Å². The SMILES string of the molecule is O=C(O)c1cccc(S(=O)(=O)Cc2ccccc2F)c1. The Morgan fingerprint density at radius 2 is 1.80 bits per heavy atom. The molecule has 0 spiro atoms. The van der Waals surface area contributed by atoms with E-state index < -0.39 is 27.4 Å². The van der Waals surface area contributed by atoms with Crippen molar-refractivity contribution in [1.82, 2.24) is 0 Å². The van der Waals surface area contributed by atoms with Crippen LogP contribution in [0, 0.1) is 5.82 Å². The summed E-state index contributed by atoms with van der Waals surface area (Å²) in [6.45, 7) is 0. The van der Waals surface area contributed by atoms with E-state index in [0.29, 0.717) is 0 Å². The number of carboxylic acid groups (broad SMARTS) is 1. The highest BCUT2D eigenvalue weighted by atomic mass is 32.2. The van der Waals surface area contributed by atoms with Gasteiger partial charge in [0.1, 0.15) is 5.82 Å². The van der Waals surface area contributed by atoms with E-state index in [1.807, 2.05) is 0 Å². The maximum Gasteiger partial charge on any atom is 0.335 e. The Kier molecular flexibility index (Phi) is 3.85. The average molecular weight is 294 g/mol. The third-order valence-corrected chi connectivity index (χ3v) is 4.41. The summed E-state index contributed by atoms with van der Waals surface area (Å²) in [6, 6.07) is 10.6. The predicted molar refractivity (Wildman–Crippen MR) is 70.7 cm³/mol. The molecule has 104 valence electrons. The van der Waals surface area contributed by atoms with Crippen molar-refractivity contribution in [1.29, 1.82) is 0 Å². The zero-order valence-electron chi connectivity index (χ0n) is 10.3. The molecule has 0 saturated heterocycles. The van der Waals surface area contributed by atoms with Crippen LogP contribution in [0.2, 0.25) is 0 Å². The summed E-state index contributed by atoms with van der Waals surface area (Å²) >= 11 is 0. The van der Waals surface area contributed by atoms with E-state index in [1.165, 1.54) is 36.4 Å². The zero-order chi connectivity index (χ0) is 14.8. The second-order valence-corrected chi connectivity index (χ2v) is 6.17. The third kappa shape index (κ3) is 3.03. The van der Waals surface area contributed by atoms with Gasteiger partial charge >= 0.3 is 5.97 Å². The van der Waals surface area contributed by atoms with E-state index >= 15 is 0 Å². The van der Waals surface area contributed by atoms with Crippen LogP contribution in [0.1, 0.15) is 15.9 Å². The molecule has 2 aromatic rings. The molecule has 0 aromatic heterocycles. The van der Waals surface area contributed by atoms with Crippen LogP contribution in [0.15, 0.2) is 53.4 Å². The Morgan fingerprint density at radius 3 is 2.45 bits per heavy atom. The number of carboxylic acids is 1. The number of sulfone groups is 1. The summed E-state index contributed by atoms with van der Waals surface area (Å²) in [4.78, 5) is 10.7. The Hall–Kier alpha value is -2.21. The van der Waals surface area contributed by atoms with Crippen LogP contribution in [-0.2, 0) is 15.6 Å². The van der Waals surface area contributed by atoms with Gasteiger partial charge in [-0.2, -0.15) is 0 Å². The molecule has 0 radical (unpaired) electrons. The molecule has 2 aromatic carbocycles. The number of benzene rings is 2. The van der Waals surface area contributed by atoms with Gasteiger partial charge in [-0.25, -0.2) is 17.6 Å². The van der Waals surface area contributed by atoms with Crippen molar-refractivity contribution in [3.05, 3.63) is 65.5 Å². The molecule has 0 aliphatic carbocycles. The summed E-state index contributed by atoms with van der Waals surface area (Å²) in [5.41, 5.74) is -0.0761. The lowest BCUT2D eigenvalue weighted by molar-refractivity contribution is 0.0696. The first-order valence-corrected chi connectivity index (χ1v) is 7.35. The van der Waals surface area contributed by atoms with E-state index in [4.69, 9.17) is 5.11 Å². The summed E-state index contributed by atoms with van der Waals surface area (Å²) in [6.07, 6.45) is 0. The largest absolute Gasteiger partial charge is 0.478 e. The standard InChI is InChI=1S/C14H11FO4S/c15-13-7-2-1-4-11(13)9-20(18,19)12-6-3-5-10(8-12)14(16)17/h1-8H,9H2,(H,16,17). The number of carbonyl (C=O) groups is 1. The fourth-order valence-electron chi connectivity index (χ4n) is 1.73. The molecule has 6 heteroatoms. The highest BCUT2D eigenvalue weighted by molar-refractivity contribution is 7.90. The van der Waals surface area contributed by atoms with Gasteiger partial charge in [0.15, 0.2) is 9.84 Å². The molecule has 0 aliphatic heterocycles. The maximum atomic E-state index is 13.5. The van der Waals surface area contributed by atoms with Crippen molar-refractivity contribution >= 4 is 15.8 Å². The Labute approximate surface area is 115 Å². The topological polar surface area (TPSA) is 71.4 Å². The molecule has 0 unspecified atom stereocenters. The van der Waals surface area contributed by atoms with Crippen molar-refractivity contribution in [2.75, 3.05) is 0 Å². The lowest BCUT2D eigenvalue weighted by Gasteiger charge is -2.06. The normalized spacial score (nSPS) is 11.2. The molecule has 0 saturated carbocycles. The summed E-state index contributed by atoms with van der Waals surface area (Å²) in [5.74, 6) is -2.33. The van der Waals surface area contributed by atoms with Crippen LogP contribution in [0.4, 0.5) is 4.39 Å².